The summed E-state index contributed by atoms with van der Waals surface area (Å²) in [7, 11) is 0. The Labute approximate surface area is 108 Å². The molecule has 2 aromatic rings. The summed E-state index contributed by atoms with van der Waals surface area (Å²) in [5.74, 6) is -0.473. The summed E-state index contributed by atoms with van der Waals surface area (Å²) in [6.45, 7) is 0. The van der Waals surface area contributed by atoms with Crippen LogP contribution in [0.3, 0.4) is 0 Å². The highest BCUT2D eigenvalue weighted by molar-refractivity contribution is 7.07. The van der Waals surface area contributed by atoms with Crippen molar-refractivity contribution >= 4 is 17.2 Å². The first-order valence-electron chi connectivity index (χ1n) is 5.66. The summed E-state index contributed by atoms with van der Waals surface area (Å²) >= 11 is 1.38. The van der Waals surface area contributed by atoms with Crippen molar-refractivity contribution in [2.24, 2.45) is 0 Å². The fourth-order valence-corrected chi connectivity index (χ4v) is 2.54. The fraction of sp³-hybridized carbons (Fsp3) is 0.231. The molecule has 18 heavy (non-hydrogen) atoms. The molecule has 92 valence electrons. The van der Waals surface area contributed by atoms with E-state index in [1.807, 2.05) is 6.07 Å². The number of hydrogen-bond acceptors (Lipinski definition) is 3. The first kappa shape index (κ1) is 11.3. The molecule has 1 aromatic carbocycles. The zero-order chi connectivity index (χ0) is 12.6. The van der Waals surface area contributed by atoms with Gasteiger partial charge in [-0.15, -0.1) is 11.3 Å². The van der Waals surface area contributed by atoms with E-state index < -0.39 is 5.54 Å². The summed E-state index contributed by atoms with van der Waals surface area (Å²) in [6, 6.07) is 6.40. The lowest BCUT2D eigenvalue weighted by Gasteiger charge is -2.17. The minimum atomic E-state index is -0.400. The lowest BCUT2D eigenvalue weighted by molar-refractivity contribution is 0.0926. The van der Waals surface area contributed by atoms with Crippen LogP contribution in [0.25, 0.3) is 0 Å². The van der Waals surface area contributed by atoms with Crippen molar-refractivity contribution < 1.29 is 9.18 Å². The average Bonchev–Trinajstić information content (AvgIpc) is 2.93. The number of halogens is 1. The molecule has 0 atom stereocenters. The molecule has 0 spiro atoms. The molecule has 1 aromatic heterocycles. The Bertz CT molecular complexity index is 578. The van der Waals surface area contributed by atoms with Crippen LogP contribution in [0.5, 0.6) is 0 Å². The monoisotopic (exact) mass is 262 g/mol. The van der Waals surface area contributed by atoms with Crippen LogP contribution in [0.2, 0.25) is 0 Å². The molecule has 1 heterocycles. The Kier molecular flexibility index (Phi) is 2.63. The Morgan fingerprint density at radius 3 is 2.89 bits per heavy atom. The van der Waals surface area contributed by atoms with Crippen LogP contribution in [0.1, 0.15) is 28.9 Å². The molecule has 3 rings (SSSR count). The molecule has 0 radical (unpaired) electrons. The molecule has 1 aliphatic carbocycles. The molecule has 1 saturated carbocycles. The van der Waals surface area contributed by atoms with Crippen molar-refractivity contribution in [3.05, 3.63) is 52.2 Å². The zero-order valence-electron chi connectivity index (χ0n) is 9.52. The molecule has 1 fully saturated rings. The Hall–Kier alpha value is -1.75. The van der Waals surface area contributed by atoms with Gasteiger partial charge in [0.1, 0.15) is 11.5 Å². The van der Waals surface area contributed by atoms with E-state index in [0.717, 1.165) is 18.4 Å². The lowest BCUT2D eigenvalue weighted by Crippen LogP contribution is -2.35. The van der Waals surface area contributed by atoms with Gasteiger partial charge in [0.05, 0.1) is 11.0 Å². The maximum absolute atomic E-state index is 13.2. The van der Waals surface area contributed by atoms with E-state index in [2.05, 4.69) is 10.3 Å². The average molecular weight is 262 g/mol. The SMILES string of the molecule is O=C(NC1(c2cccc(F)c2)CC1)c1cscn1. The second-order valence-electron chi connectivity index (χ2n) is 4.42. The van der Waals surface area contributed by atoms with Gasteiger partial charge in [0, 0.05) is 5.38 Å². The maximum Gasteiger partial charge on any atom is 0.271 e. The third-order valence-corrected chi connectivity index (χ3v) is 3.73. The van der Waals surface area contributed by atoms with Gasteiger partial charge in [0.2, 0.25) is 0 Å². The van der Waals surface area contributed by atoms with Crippen LogP contribution in [-0.2, 0) is 5.54 Å². The summed E-state index contributed by atoms with van der Waals surface area (Å²) < 4.78 is 13.2. The first-order chi connectivity index (χ1) is 8.70. The number of nitrogens with zero attached hydrogens (tertiary/aromatic N) is 1. The third kappa shape index (κ3) is 2.01. The van der Waals surface area contributed by atoms with Crippen molar-refractivity contribution in [3.63, 3.8) is 0 Å². The highest BCUT2D eigenvalue weighted by atomic mass is 32.1. The van der Waals surface area contributed by atoms with E-state index >= 15 is 0 Å². The summed E-state index contributed by atoms with van der Waals surface area (Å²) in [6.07, 6.45) is 1.68. The van der Waals surface area contributed by atoms with E-state index in [1.165, 1.54) is 23.5 Å². The van der Waals surface area contributed by atoms with Gasteiger partial charge in [-0.05, 0) is 30.5 Å². The number of benzene rings is 1. The van der Waals surface area contributed by atoms with Crippen molar-refractivity contribution in [3.8, 4) is 0 Å². The van der Waals surface area contributed by atoms with Crippen LogP contribution in [0.4, 0.5) is 4.39 Å². The third-order valence-electron chi connectivity index (χ3n) is 3.14. The topological polar surface area (TPSA) is 42.0 Å². The molecule has 0 bridgehead atoms. The van der Waals surface area contributed by atoms with Gasteiger partial charge in [-0.3, -0.25) is 4.79 Å². The smallest absolute Gasteiger partial charge is 0.271 e. The van der Waals surface area contributed by atoms with Crippen LogP contribution in [0, 0.1) is 5.82 Å². The molecule has 0 unspecified atom stereocenters. The summed E-state index contributed by atoms with van der Waals surface area (Å²) in [4.78, 5) is 15.9. The Morgan fingerprint density at radius 2 is 2.28 bits per heavy atom. The van der Waals surface area contributed by atoms with Gasteiger partial charge in [-0.2, -0.15) is 0 Å². The van der Waals surface area contributed by atoms with Gasteiger partial charge in [0.25, 0.3) is 5.91 Å². The number of carbonyl (C=O) groups excluding carboxylic acids is 1. The van der Waals surface area contributed by atoms with Gasteiger partial charge < -0.3 is 5.32 Å². The van der Waals surface area contributed by atoms with E-state index in [9.17, 15) is 9.18 Å². The molecule has 0 saturated heterocycles. The molecular formula is C13H11FN2OS. The molecular weight excluding hydrogens is 251 g/mol. The molecule has 5 heteroatoms. The van der Waals surface area contributed by atoms with Crippen molar-refractivity contribution in [1.29, 1.82) is 0 Å². The lowest BCUT2D eigenvalue weighted by atomic mass is 10.0. The van der Waals surface area contributed by atoms with Crippen LogP contribution in [-0.4, -0.2) is 10.9 Å². The van der Waals surface area contributed by atoms with E-state index in [0.29, 0.717) is 5.69 Å². The largest absolute Gasteiger partial charge is 0.341 e. The number of amides is 1. The van der Waals surface area contributed by atoms with Crippen molar-refractivity contribution in [1.82, 2.24) is 10.3 Å². The van der Waals surface area contributed by atoms with Crippen molar-refractivity contribution in [2.45, 2.75) is 18.4 Å². The minimum Gasteiger partial charge on any atom is -0.341 e. The van der Waals surface area contributed by atoms with E-state index in [4.69, 9.17) is 0 Å². The second-order valence-corrected chi connectivity index (χ2v) is 5.14. The highest BCUT2D eigenvalue weighted by Gasteiger charge is 2.46. The van der Waals surface area contributed by atoms with Gasteiger partial charge in [-0.1, -0.05) is 12.1 Å². The number of aromatic nitrogens is 1. The molecule has 1 aliphatic rings. The van der Waals surface area contributed by atoms with Gasteiger partial charge in [-0.25, -0.2) is 9.37 Å². The number of carbonyl (C=O) groups is 1. The predicted molar refractivity (Wildman–Crippen MR) is 66.9 cm³/mol. The highest BCUT2D eigenvalue weighted by Crippen LogP contribution is 2.45. The predicted octanol–water partition coefficient (Wildman–Crippen LogP) is 2.70. The fourth-order valence-electron chi connectivity index (χ4n) is 2.00. The molecule has 1 amide bonds. The summed E-state index contributed by atoms with van der Waals surface area (Å²) in [5, 5.41) is 4.66. The first-order valence-corrected chi connectivity index (χ1v) is 6.61. The van der Waals surface area contributed by atoms with Gasteiger partial charge in [0.15, 0.2) is 0 Å². The van der Waals surface area contributed by atoms with Crippen molar-refractivity contribution in [2.75, 3.05) is 0 Å². The quantitative estimate of drug-likeness (QED) is 0.924. The number of thiazole rings is 1. The second kappa shape index (κ2) is 4.17. The molecule has 1 N–H and O–H groups in total. The minimum absolute atomic E-state index is 0.196. The molecule has 0 aliphatic heterocycles. The maximum atomic E-state index is 13.2. The zero-order valence-corrected chi connectivity index (χ0v) is 10.3. The number of nitrogens with one attached hydrogen (secondary N) is 1. The van der Waals surface area contributed by atoms with Crippen LogP contribution < -0.4 is 5.32 Å². The number of rotatable bonds is 3. The van der Waals surface area contributed by atoms with Crippen LogP contribution >= 0.6 is 11.3 Å². The van der Waals surface area contributed by atoms with Crippen LogP contribution in [0.15, 0.2) is 35.2 Å². The molecule has 3 nitrogen and oxygen atoms in total. The summed E-state index contributed by atoms with van der Waals surface area (Å²) in [5.41, 5.74) is 2.47. The normalized spacial score (nSPS) is 16.3. The Balaban J connectivity index is 1.82. The van der Waals surface area contributed by atoms with E-state index in [-0.39, 0.29) is 11.7 Å². The van der Waals surface area contributed by atoms with Gasteiger partial charge >= 0.3 is 0 Å². The number of hydrogen-bond donors (Lipinski definition) is 1. The Morgan fingerprint density at radius 1 is 1.44 bits per heavy atom. The standard InChI is InChI=1S/C13H11FN2OS/c14-10-3-1-2-9(6-10)13(4-5-13)16-12(17)11-7-18-8-15-11/h1-3,6-8H,4-5H2,(H,16,17). The van der Waals surface area contributed by atoms with E-state index in [1.54, 1.807) is 17.0 Å².